The minimum atomic E-state index is -4.85. The van der Waals surface area contributed by atoms with Crippen molar-refractivity contribution in [2.75, 3.05) is 18.5 Å². The van der Waals surface area contributed by atoms with E-state index in [-0.39, 0.29) is 12.2 Å². The predicted octanol–water partition coefficient (Wildman–Crippen LogP) is 3.13. The Kier molecular flexibility index (Phi) is 5.20. The standard InChI is InChI=1S/C17H17F3N2O4S/c18-17(19,20)13-9-12(3-5-16(13)27(21,23)24)22-10-11-2-4-14-15(8-11)26-7-1-6-25-14/h2-5,8-9,22H,1,6-7,10H2,(H2,21,23,24). The van der Waals surface area contributed by atoms with Gasteiger partial charge in [-0.2, -0.15) is 13.2 Å². The zero-order chi connectivity index (χ0) is 19.7. The van der Waals surface area contributed by atoms with Crippen LogP contribution in [-0.2, 0) is 22.7 Å². The lowest BCUT2D eigenvalue weighted by molar-refractivity contribution is -0.139. The summed E-state index contributed by atoms with van der Waals surface area (Å²) in [4.78, 5) is -0.962. The summed E-state index contributed by atoms with van der Waals surface area (Å²) >= 11 is 0. The Morgan fingerprint density at radius 3 is 2.41 bits per heavy atom. The van der Waals surface area contributed by atoms with Gasteiger partial charge in [0.05, 0.1) is 23.7 Å². The molecule has 0 aliphatic carbocycles. The number of hydrogen-bond acceptors (Lipinski definition) is 5. The number of benzene rings is 2. The highest BCUT2D eigenvalue weighted by atomic mass is 32.2. The van der Waals surface area contributed by atoms with E-state index in [4.69, 9.17) is 14.6 Å². The Labute approximate surface area is 154 Å². The van der Waals surface area contributed by atoms with Crippen LogP contribution in [0.3, 0.4) is 0 Å². The van der Waals surface area contributed by atoms with Gasteiger partial charge in [-0.3, -0.25) is 0 Å². The Hall–Kier alpha value is -2.46. The van der Waals surface area contributed by atoms with Crippen molar-refractivity contribution in [2.24, 2.45) is 5.14 Å². The number of nitrogens with two attached hydrogens (primary N) is 1. The quantitative estimate of drug-likeness (QED) is 0.820. The van der Waals surface area contributed by atoms with Gasteiger partial charge < -0.3 is 14.8 Å². The van der Waals surface area contributed by atoms with Gasteiger partial charge in [0.1, 0.15) is 0 Å². The highest BCUT2D eigenvalue weighted by Gasteiger charge is 2.36. The van der Waals surface area contributed by atoms with E-state index in [1.165, 1.54) is 6.07 Å². The molecule has 1 aliphatic rings. The molecule has 1 aliphatic heterocycles. The van der Waals surface area contributed by atoms with E-state index in [1.807, 2.05) is 0 Å². The van der Waals surface area contributed by atoms with E-state index >= 15 is 0 Å². The molecule has 3 N–H and O–H groups in total. The molecule has 0 saturated heterocycles. The molecule has 10 heteroatoms. The van der Waals surface area contributed by atoms with E-state index < -0.39 is 26.7 Å². The number of primary sulfonamides is 1. The largest absolute Gasteiger partial charge is 0.490 e. The minimum absolute atomic E-state index is 0.113. The summed E-state index contributed by atoms with van der Waals surface area (Å²) in [6.45, 7) is 1.29. The van der Waals surface area contributed by atoms with Crippen molar-refractivity contribution in [3.63, 3.8) is 0 Å². The molecule has 1 heterocycles. The smallest absolute Gasteiger partial charge is 0.417 e. The molecule has 2 aromatic carbocycles. The molecule has 2 aromatic rings. The van der Waals surface area contributed by atoms with Gasteiger partial charge in [-0.25, -0.2) is 13.6 Å². The molecule has 0 bridgehead atoms. The summed E-state index contributed by atoms with van der Waals surface area (Å²) < 4.78 is 73.4. The summed E-state index contributed by atoms with van der Waals surface area (Å²) in [6.07, 6.45) is -4.09. The third kappa shape index (κ3) is 4.64. The fraction of sp³-hybridized carbons (Fsp3) is 0.294. The third-order valence-corrected chi connectivity index (χ3v) is 4.87. The summed E-state index contributed by atoms with van der Waals surface area (Å²) in [5.74, 6) is 1.19. The van der Waals surface area contributed by atoms with E-state index in [0.717, 1.165) is 24.1 Å². The van der Waals surface area contributed by atoms with Crippen molar-refractivity contribution in [2.45, 2.75) is 24.0 Å². The Balaban J connectivity index is 1.81. The van der Waals surface area contributed by atoms with Crippen molar-refractivity contribution in [1.29, 1.82) is 0 Å². The molecule has 0 aromatic heterocycles. The second-order valence-electron chi connectivity index (χ2n) is 5.94. The maximum atomic E-state index is 13.2. The molecule has 146 valence electrons. The van der Waals surface area contributed by atoms with Gasteiger partial charge in [0.25, 0.3) is 0 Å². The molecule has 0 saturated carbocycles. The first-order valence-corrected chi connectivity index (χ1v) is 9.56. The number of ether oxygens (including phenoxy) is 2. The molecule has 0 spiro atoms. The Morgan fingerprint density at radius 1 is 1.04 bits per heavy atom. The first-order chi connectivity index (χ1) is 12.6. The number of alkyl halides is 3. The monoisotopic (exact) mass is 402 g/mol. The second kappa shape index (κ2) is 7.28. The van der Waals surface area contributed by atoms with Gasteiger partial charge in [-0.15, -0.1) is 0 Å². The molecule has 3 rings (SSSR count). The van der Waals surface area contributed by atoms with Crippen LogP contribution in [-0.4, -0.2) is 21.6 Å². The van der Waals surface area contributed by atoms with Gasteiger partial charge in [-0.1, -0.05) is 6.07 Å². The molecular weight excluding hydrogens is 385 g/mol. The van der Waals surface area contributed by atoms with Gasteiger partial charge in [0.2, 0.25) is 10.0 Å². The number of nitrogens with one attached hydrogen (secondary N) is 1. The van der Waals surface area contributed by atoms with Crippen molar-refractivity contribution in [1.82, 2.24) is 0 Å². The van der Waals surface area contributed by atoms with Crippen LogP contribution < -0.4 is 19.9 Å². The number of anilines is 1. The maximum Gasteiger partial charge on any atom is 0.417 e. The van der Waals surface area contributed by atoms with Crippen molar-refractivity contribution in [3.05, 3.63) is 47.5 Å². The third-order valence-electron chi connectivity index (χ3n) is 3.90. The van der Waals surface area contributed by atoms with Crippen LogP contribution in [0.4, 0.5) is 18.9 Å². The number of fused-ring (bicyclic) bond motifs is 1. The second-order valence-corrected chi connectivity index (χ2v) is 7.47. The van der Waals surface area contributed by atoms with Gasteiger partial charge in [0, 0.05) is 18.7 Å². The lowest BCUT2D eigenvalue weighted by atomic mass is 10.1. The van der Waals surface area contributed by atoms with Crippen LogP contribution in [0.15, 0.2) is 41.3 Å². The van der Waals surface area contributed by atoms with E-state index in [9.17, 15) is 21.6 Å². The number of halogens is 3. The predicted molar refractivity (Wildman–Crippen MR) is 92.2 cm³/mol. The Bertz CT molecular complexity index is 946. The molecule has 0 fully saturated rings. The lowest BCUT2D eigenvalue weighted by Gasteiger charge is -2.15. The van der Waals surface area contributed by atoms with E-state index in [1.54, 1.807) is 18.2 Å². The van der Waals surface area contributed by atoms with Gasteiger partial charge in [-0.05, 0) is 35.9 Å². The topological polar surface area (TPSA) is 90.7 Å². The first-order valence-electron chi connectivity index (χ1n) is 8.01. The Morgan fingerprint density at radius 2 is 1.74 bits per heavy atom. The van der Waals surface area contributed by atoms with Crippen LogP contribution in [0.5, 0.6) is 11.5 Å². The number of hydrogen-bond donors (Lipinski definition) is 2. The lowest BCUT2D eigenvalue weighted by Crippen LogP contribution is -2.19. The molecule has 0 radical (unpaired) electrons. The summed E-state index contributed by atoms with van der Waals surface area (Å²) in [5.41, 5.74) is -0.432. The number of rotatable bonds is 4. The molecule has 0 amide bonds. The van der Waals surface area contributed by atoms with Crippen LogP contribution >= 0.6 is 0 Å². The number of sulfonamides is 1. The van der Waals surface area contributed by atoms with Gasteiger partial charge in [0.15, 0.2) is 11.5 Å². The first kappa shape index (κ1) is 19.3. The van der Waals surface area contributed by atoms with E-state index in [2.05, 4.69) is 5.32 Å². The van der Waals surface area contributed by atoms with Crippen LogP contribution in [0.1, 0.15) is 17.5 Å². The van der Waals surface area contributed by atoms with Crippen molar-refractivity contribution >= 4 is 15.7 Å². The fourth-order valence-electron chi connectivity index (χ4n) is 2.63. The summed E-state index contributed by atoms with van der Waals surface area (Å²) in [7, 11) is -4.49. The normalized spacial score (nSPS) is 14.5. The molecular formula is C17H17F3N2O4S. The fourth-order valence-corrected chi connectivity index (χ4v) is 3.37. The van der Waals surface area contributed by atoms with Crippen molar-refractivity contribution in [3.8, 4) is 11.5 Å². The van der Waals surface area contributed by atoms with Crippen LogP contribution in [0.2, 0.25) is 0 Å². The highest BCUT2D eigenvalue weighted by Crippen LogP contribution is 2.36. The highest BCUT2D eigenvalue weighted by molar-refractivity contribution is 7.89. The van der Waals surface area contributed by atoms with Crippen LogP contribution in [0, 0.1) is 0 Å². The summed E-state index contributed by atoms with van der Waals surface area (Å²) in [5, 5.41) is 7.72. The minimum Gasteiger partial charge on any atom is -0.490 e. The summed E-state index contributed by atoms with van der Waals surface area (Å²) in [6, 6.07) is 8.05. The molecule has 27 heavy (non-hydrogen) atoms. The van der Waals surface area contributed by atoms with Crippen molar-refractivity contribution < 1.29 is 31.1 Å². The maximum absolute atomic E-state index is 13.2. The zero-order valence-corrected chi connectivity index (χ0v) is 14.9. The van der Waals surface area contributed by atoms with E-state index in [0.29, 0.717) is 24.7 Å². The average molecular weight is 402 g/mol. The SMILES string of the molecule is NS(=O)(=O)c1ccc(NCc2ccc3c(c2)OCCCO3)cc1C(F)(F)F. The molecule has 0 unspecified atom stereocenters. The zero-order valence-electron chi connectivity index (χ0n) is 14.0. The molecule has 6 nitrogen and oxygen atoms in total. The average Bonchev–Trinajstić information content (AvgIpc) is 2.83. The van der Waals surface area contributed by atoms with Crippen LogP contribution in [0.25, 0.3) is 0 Å². The molecule has 0 atom stereocenters. The van der Waals surface area contributed by atoms with Gasteiger partial charge >= 0.3 is 6.18 Å².